The molecule has 132 valence electrons. The zero-order valence-electron chi connectivity index (χ0n) is 13.8. The van der Waals surface area contributed by atoms with E-state index in [4.69, 9.17) is 4.74 Å². The average molecular weight is 354 g/mol. The number of nitrogens with one attached hydrogen (secondary N) is 1. The highest BCUT2D eigenvalue weighted by Crippen LogP contribution is 2.29. The van der Waals surface area contributed by atoms with Crippen LogP contribution in [-0.4, -0.2) is 16.9 Å². The fraction of sp³-hybridized carbons (Fsp3) is 0.105. The minimum Gasteiger partial charge on any atom is -0.474 e. The third kappa shape index (κ3) is 3.61. The lowest BCUT2D eigenvalue weighted by Crippen LogP contribution is -2.30. The number of halogens is 1. The molecular formula is C19H15FN2O4. The van der Waals surface area contributed by atoms with E-state index in [0.29, 0.717) is 5.69 Å². The molecule has 7 heteroatoms. The first-order valence-electron chi connectivity index (χ1n) is 7.85. The normalized spacial score (nSPS) is 11.8. The Morgan fingerprint density at radius 2 is 1.88 bits per heavy atom. The van der Waals surface area contributed by atoms with Gasteiger partial charge in [0.2, 0.25) is 5.75 Å². The highest BCUT2D eigenvalue weighted by Gasteiger charge is 2.22. The Morgan fingerprint density at radius 3 is 2.65 bits per heavy atom. The molecule has 0 aliphatic heterocycles. The molecule has 0 radical (unpaired) electrons. The van der Waals surface area contributed by atoms with Crippen molar-refractivity contribution in [3.8, 4) is 5.75 Å². The molecule has 1 atom stereocenters. The number of hydrogen-bond acceptors (Lipinski definition) is 4. The maximum absolute atomic E-state index is 13.4. The molecule has 3 aromatic rings. The Bertz CT molecular complexity index is 985. The van der Waals surface area contributed by atoms with Gasteiger partial charge in [0, 0.05) is 23.2 Å². The van der Waals surface area contributed by atoms with E-state index in [1.807, 2.05) is 30.3 Å². The summed E-state index contributed by atoms with van der Waals surface area (Å²) in [5, 5.41) is 15.6. The van der Waals surface area contributed by atoms with Gasteiger partial charge in [-0.15, -0.1) is 0 Å². The standard InChI is InChI=1S/C19H15FN2O4/c1-12(26-18-11-14(20)9-10-17(18)22(24)25)19(23)21-16-8-4-6-13-5-2-3-7-15(13)16/h2-12H,1H3,(H,21,23). The third-order valence-electron chi connectivity index (χ3n) is 3.84. The van der Waals surface area contributed by atoms with Gasteiger partial charge < -0.3 is 10.1 Å². The minimum atomic E-state index is -1.06. The molecule has 26 heavy (non-hydrogen) atoms. The van der Waals surface area contributed by atoms with Crippen molar-refractivity contribution in [2.24, 2.45) is 0 Å². The van der Waals surface area contributed by atoms with E-state index in [1.165, 1.54) is 6.92 Å². The van der Waals surface area contributed by atoms with Crippen LogP contribution in [0.25, 0.3) is 10.8 Å². The number of hydrogen-bond donors (Lipinski definition) is 1. The van der Waals surface area contributed by atoms with Gasteiger partial charge in [0.15, 0.2) is 6.10 Å². The number of fused-ring (bicyclic) bond motifs is 1. The highest BCUT2D eigenvalue weighted by atomic mass is 19.1. The van der Waals surface area contributed by atoms with E-state index >= 15 is 0 Å². The van der Waals surface area contributed by atoms with Gasteiger partial charge in [0.1, 0.15) is 5.82 Å². The molecule has 0 spiro atoms. The lowest BCUT2D eigenvalue weighted by molar-refractivity contribution is -0.386. The molecule has 6 nitrogen and oxygen atoms in total. The molecule has 1 N–H and O–H groups in total. The number of nitrogens with zero attached hydrogens (tertiary/aromatic N) is 1. The van der Waals surface area contributed by atoms with Gasteiger partial charge in [0.05, 0.1) is 4.92 Å². The molecule has 0 aromatic heterocycles. The van der Waals surface area contributed by atoms with Gasteiger partial charge in [-0.2, -0.15) is 0 Å². The van der Waals surface area contributed by atoms with Crippen molar-refractivity contribution in [1.82, 2.24) is 0 Å². The van der Waals surface area contributed by atoms with Gasteiger partial charge in [0.25, 0.3) is 5.91 Å². The van der Waals surface area contributed by atoms with Crippen molar-refractivity contribution in [2.45, 2.75) is 13.0 Å². The van der Waals surface area contributed by atoms with Crippen LogP contribution in [0.4, 0.5) is 15.8 Å². The number of nitro groups is 1. The monoisotopic (exact) mass is 354 g/mol. The predicted molar refractivity (Wildman–Crippen MR) is 95.7 cm³/mol. The van der Waals surface area contributed by atoms with Crippen molar-refractivity contribution < 1.29 is 18.8 Å². The highest BCUT2D eigenvalue weighted by molar-refractivity contribution is 6.03. The first kappa shape index (κ1) is 17.3. The minimum absolute atomic E-state index is 0.296. The summed E-state index contributed by atoms with van der Waals surface area (Å²) in [4.78, 5) is 22.8. The summed E-state index contributed by atoms with van der Waals surface area (Å²) in [5.41, 5.74) is 0.188. The number of carbonyl (C=O) groups is 1. The maximum Gasteiger partial charge on any atom is 0.311 e. The molecule has 1 amide bonds. The Balaban J connectivity index is 1.80. The molecule has 0 aliphatic carbocycles. The maximum atomic E-state index is 13.4. The molecule has 0 fully saturated rings. The van der Waals surface area contributed by atoms with E-state index in [2.05, 4.69) is 5.32 Å². The topological polar surface area (TPSA) is 81.5 Å². The summed E-state index contributed by atoms with van der Waals surface area (Å²) in [7, 11) is 0. The third-order valence-corrected chi connectivity index (χ3v) is 3.84. The van der Waals surface area contributed by atoms with Crippen molar-refractivity contribution in [3.05, 3.63) is 76.6 Å². The van der Waals surface area contributed by atoms with E-state index in [1.54, 1.807) is 12.1 Å². The second-order valence-electron chi connectivity index (χ2n) is 5.65. The number of ether oxygens (including phenoxy) is 1. The van der Waals surface area contributed by atoms with Crippen LogP contribution in [0.15, 0.2) is 60.7 Å². The molecule has 3 rings (SSSR count). The van der Waals surface area contributed by atoms with E-state index in [-0.39, 0.29) is 5.75 Å². The first-order valence-corrected chi connectivity index (χ1v) is 7.85. The number of carbonyl (C=O) groups excluding carboxylic acids is 1. The van der Waals surface area contributed by atoms with E-state index in [0.717, 1.165) is 29.0 Å². The molecular weight excluding hydrogens is 339 g/mol. The van der Waals surface area contributed by atoms with Crippen LogP contribution < -0.4 is 10.1 Å². The smallest absolute Gasteiger partial charge is 0.311 e. The summed E-state index contributed by atoms with van der Waals surface area (Å²) in [5.74, 6) is -1.48. The fourth-order valence-electron chi connectivity index (χ4n) is 2.55. The summed E-state index contributed by atoms with van der Waals surface area (Å²) in [6.45, 7) is 1.44. The molecule has 0 aliphatic rings. The van der Waals surface area contributed by atoms with E-state index in [9.17, 15) is 19.3 Å². The quantitative estimate of drug-likeness (QED) is 0.547. The Labute approximate surface area is 148 Å². The predicted octanol–water partition coefficient (Wildman–Crippen LogP) is 4.29. The number of anilines is 1. The molecule has 3 aromatic carbocycles. The molecule has 0 heterocycles. The van der Waals surface area contributed by atoms with Gasteiger partial charge in [-0.25, -0.2) is 4.39 Å². The summed E-state index contributed by atoms with van der Waals surface area (Å²) in [6, 6.07) is 15.9. The summed E-state index contributed by atoms with van der Waals surface area (Å²) >= 11 is 0. The average Bonchev–Trinajstić information content (AvgIpc) is 2.61. The number of rotatable bonds is 5. The van der Waals surface area contributed by atoms with Crippen LogP contribution >= 0.6 is 0 Å². The van der Waals surface area contributed by atoms with Crippen molar-refractivity contribution in [1.29, 1.82) is 0 Å². The lowest BCUT2D eigenvalue weighted by atomic mass is 10.1. The van der Waals surface area contributed by atoms with Crippen LogP contribution in [-0.2, 0) is 4.79 Å². The Hall–Kier alpha value is -3.48. The Kier molecular flexibility index (Phi) is 4.79. The van der Waals surface area contributed by atoms with Crippen LogP contribution in [0.1, 0.15) is 6.92 Å². The van der Waals surface area contributed by atoms with Crippen LogP contribution in [0, 0.1) is 15.9 Å². The first-order chi connectivity index (χ1) is 12.5. The fourth-order valence-corrected chi connectivity index (χ4v) is 2.55. The second-order valence-corrected chi connectivity index (χ2v) is 5.65. The number of benzene rings is 3. The molecule has 0 bridgehead atoms. The van der Waals surface area contributed by atoms with Gasteiger partial charge in [-0.3, -0.25) is 14.9 Å². The largest absolute Gasteiger partial charge is 0.474 e. The van der Waals surface area contributed by atoms with Gasteiger partial charge in [-0.05, 0) is 24.4 Å². The van der Waals surface area contributed by atoms with Crippen LogP contribution in [0.3, 0.4) is 0 Å². The SMILES string of the molecule is CC(Oc1cc(F)ccc1[N+](=O)[O-])C(=O)Nc1cccc2ccccc12. The number of nitro benzene ring substituents is 1. The van der Waals surface area contributed by atoms with Crippen LogP contribution in [0.5, 0.6) is 5.75 Å². The van der Waals surface area contributed by atoms with Gasteiger partial charge >= 0.3 is 5.69 Å². The molecule has 1 unspecified atom stereocenters. The van der Waals surface area contributed by atoms with Crippen LogP contribution in [0.2, 0.25) is 0 Å². The second kappa shape index (κ2) is 7.18. The number of amides is 1. The summed E-state index contributed by atoms with van der Waals surface area (Å²) in [6.07, 6.45) is -1.06. The summed E-state index contributed by atoms with van der Waals surface area (Å²) < 4.78 is 18.7. The van der Waals surface area contributed by atoms with Gasteiger partial charge in [-0.1, -0.05) is 36.4 Å². The zero-order valence-corrected chi connectivity index (χ0v) is 13.8. The van der Waals surface area contributed by atoms with Crippen molar-refractivity contribution in [2.75, 3.05) is 5.32 Å². The Morgan fingerprint density at radius 1 is 1.15 bits per heavy atom. The van der Waals surface area contributed by atoms with Crippen molar-refractivity contribution in [3.63, 3.8) is 0 Å². The van der Waals surface area contributed by atoms with Crippen molar-refractivity contribution >= 4 is 28.1 Å². The van der Waals surface area contributed by atoms with E-state index < -0.39 is 28.4 Å². The molecule has 0 saturated carbocycles. The lowest BCUT2D eigenvalue weighted by Gasteiger charge is -2.15. The molecule has 0 saturated heterocycles. The zero-order chi connectivity index (χ0) is 18.7.